The summed E-state index contributed by atoms with van der Waals surface area (Å²) in [5.74, 6) is -0.112. The Labute approximate surface area is 130 Å². The Morgan fingerprint density at radius 2 is 2.00 bits per heavy atom. The second-order valence-electron chi connectivity index (χ2n) is 4.94. The fraction of sp³-hybridized carbons (Fsp3) is 0.200. The molecule has 0 bridgehead atoms. The van der Waals surface area contributed by atoms with Gasteiger partial charge in [-0.1, -0.05) is 6.07 Å². The molecule has 0 spiro atoms. The van der Waals surface area contributed by atoms with E-state index >= 15 is 0 Å². The van der Waals surface area contributed by atoms with Crippen LogP contribution in [0.3, 0.4) is 0 Å². The summed E-state index contributed by atoms with van der Waals surface area (Å²) < 4.78 is 2.39. The molecule has 2 heterocycles. The van der Waals surface area contributed by atoms with Crippen LogP contribution in [0.25, 0.3) is 11.0 Å². The van der Waals surface area contributed by atoms with Crippen molar-refractivity contribution in [1.82, 2.24) is 19.7 Å². The Hall–Kier alpha value is -2.08. The highest BCUT2D eigenvalue weighted by Gasteiger charge is 2.22. The maximum absolute atomic E-state index is 12.9. The zero-order chi connectivity index (χ0) is 15.0. The third-order valence-corrected chi connectivity index (χ3v) is 3.78. The smallest absolute Gasteiger partial charge is 0.214 e. The fourth-order valence-electron chi connectivity index (χ4n) is 2.25. The molecule has 0 radical (unpaired) electrons. The molecule has 0 saturated heterocycles. The third kappa shape index (κ3) is 2.35. The normalized spacial score (nSPS) is 11.2. The number of hydrogen-bond donors (Lipinski definition) is 0. The Morgan fingerprint density at radius 3 is 2.76 bits per heavy atom. The predicted octanol–water partition coefficient (Wildman–Crippen LogP) is 3.40. The van der Waals surface area contributed by atoms with E-state index in [0.29, 0.717) is 26.8 Å². The maximum atomic E-state index is 12.9. The van der Waals surface area contributed by atoms with Crippen molar-refractivity contribution in [3.8, 4) is 0 Å². The lowest BCUT2D eigenvalue weighted by atomic mass is 10.1. The summed E-state index contributed by atoms with van der Waals surface area (Å²) in [4.78, 5) is 21.4. The minimum atomic E-state index is -0.112. The zero-order valence-electron chi connectivity index (χ0n) is 11.6. The van der Waals surface area contributed by atoms with Gasteiger partial charge >= 0.3 is 0 Å². The summed E-state index contributed by atoms with van der Waals surface area (Å²) in [5.41, 5.74) is 2.37. The van der Waals surface area contributed by atoms with Gasteiger partial charge in [-0.15, -0.1) is 0 Å². The van der Waals surface area contributed by atoms with Crippen LogP contribution < -0.4 is 0 Å². The van der Waals surface area contributed by atoms with Crippen LogP contribution in [-0.4, -0.2) is 25.5 Å². The van der Waals surface area contributed by atoms with Crippen LogP contribution in [0.5, 0.6) is 0 Å². The number of rotatable bonds is 3. The number of carbonyl (C=O) groups is 1. The van der Waals surface area contributed by atoms with E-state index in [9.17, 15) is 4.79 Å². The van der Waals surface area contributed by atoms with Gasteiger partial charge in [0.1, 0.15) is 5.69 Å². The SMILES string of the molecule is CC(C)n1ncc(Br)c1C(=O)c1cccc2nccnc12. The number of fused-ring (bicyclic) bond motifs is 1. The minimum Gasteiger partial charge on any atom is -0.287 e. The van der Waals surface area contributed by atoms with E-state index in [1.54, 1.807) is 29.3 Å². The van der Waals surface area contributed by atoms with Gasteiger partial charge in [0.2, 0.25) is 5.78 Å². The highest BCUT2D eigenvalue weighted by Crippen LogP contribution is 2.25. The maximum Gasteiger partial charge on any atom is 0.214 e. The fourth-order valence-corrected chi connectivity index (χ4v) is 2.70. The van der Waals surface area contributed by atoms with Gasteiger partial charge < -0.3 is 0 Å². The molecule has 0 unspecified atom stereocenters. The number of benzene rings is 1. The lowest BCUT2D eigenvalue weighted by Crippen LogP contribution is -2.14. The minimum absolute atomic E-state index is 0.0938. The van der Waals surface area contributed by atoms with Crippen LogP contribution in [0.15, 0.2) is 41.3 Å². The Kier molecular flexibility index (Phi) is 3.55. The number of nitrogens with zero attached hydrogens (tertiary/aromatic N) is 4. The van der Waals surface area contributed by atoms with Crippen LogP contribution in [0, 0.1) is 0 Å². The van der Waals surface area contributed by atoms with Gasteiger partial charge in [-0.25, -0.2) is 0 Å². The third-order valence-electron chi connectivity index (χ3n) is 3.20. The van der Waals surface area contributed by atoms with E-state index in [2.05, 4.69) is 31.0 Å². The van der Waals surface area contributed by atoms with E-state index in [0.717, 1.165) is 0 Å². The quantitative estimate of drug-likeness (QED) is 0.683. The molecular weight excluding hydrogens is 332 g/mol. The van der Waals surface area contributed by atoms with Gasteiger partial charge in [0, 0.05) is 18.4 Å². The molecule has 0 aliphatic heterocycles. The monoisotopic (exact) mass is 344 g/mol. The van der Waals surface area contributed by atoms with E-state index in [1.165, 1.54) is 0 Å². The van der Waals surface area contributed by atoms with Crippen molar-refractivity contribution in [3.63, 3.8) is 0 Å². The van der Waals surface area contributed by atoms with Crippen molar-refractivity contribution >= 4 is 32.7 Å². The van der Waals surface area contributed by atoms with E-state index in [-0.39, 0.29) is 11.8 Å². The lowest BCUT2D eigenvalue weighted by molar-refractivity contribution is 0.102. The largest absolute Gasteiger partial charge is 0.287 e. The highest BCUT2D eigenvalue weighted by atomic mass is 79.9. The van der Waals surface area contributed by atoms with Crippen molar-refractivity contribution in [2.45, 2.75) is 19.9 Å². The van der Waals surface area contributed by atoms with Gasteiger partial charge in [-0.3, -0.25) is 19.4 Å². The molecule has 5 nitrogen and oxygen atoms in total. The molecular formula is C15H13BrN4O. The zero-order valence-corrected chi connectivity index (χ0v) is 13.2. The van der Waals surface area contributed by atoms with Gasteiger partial charge in [0.25, 0.3) is 0 Å². The molecule has 0 aliphatic carbocycles. The van der Waals surface area contributed by atoms with Crippen LogP contribution in [-0.2, 0) is 0 Å². The second-order valence-corrected chi connectivity index (χ2v) is 5.79. The molecule has 21 heavy (non-hydrogen) atoms. The number of carbonyl (C=O) groups excluding carboxylic acids is 1. The van der Waals surface area contributed by atoms with Crippen molar-refractivity contribution < 1.29 is 4.79 Å². The van der Waals surface area contributed by atoms with E-state index < -0.39 is 0 Å². The second kappa shape index (κ2) is 5.37. The number of para-hydroxylation sites is 1. The summed E-state index contributed by atoms with van der Waals surface area (Å²) in [5, 5.41) is 4.25. The van der Waals surface area contributed by atoms with Crippen molar-refractivity contribution in [2.24, 2.45) is 0 Å². The van der Waals surface area contributed by atoms with Crippen LogP contribution in [0.2, 0.25) is 0 Å². The molecule has 0 amide bonds. The number of ketones is 1. The molecule has 3 aromatic rings. The first kappa shape index (κ1) is 13.9. The lowest BCUT2D eigenvalue weighted by Gasteiger charge is -2.11. The van der Waals surface area contributed by atoms with Gasteiger partial charge in [0.05, 0.1) is 27.3 Å². The summed E-state index contributed by atoms with van der Waals surface area (Å²) in [6, 6.07) is 5.52. The Balaban J connectivity index is 2.20. The number of halogens is 1. The average Bonchev–Trinajstić information content (AvgIpc) is 2.88. The molecule has 2 aromatic heterocycles. The summed E-state index contributed by atoms with van der Waals surface area (Å²) in [6.45, 7) is 3.97. The summed E-state index contributed by atoms with van der Waals surface area (Å²) in [7, 11) is 0. The average molecular weight is 345 g/mol. The van der Waals surface area contributed by atoms with Crippen LogP contribution in [0.4, 0.5) is 0 Å². The first-order chi connectivity index (χ1) is 10.1. The molecule has 0 atom stereocenters. The van der Waals surface area contributed by atoms with E-state index in [4.69, 9.17) is 0 Å². The number of aromatic nitrogens is 4. The number of hydrogen-bond acceptors (Lipinski definition) is 4. The molecule has 1 aromatic carbocycles. The van der Waals surface area contributed by atoms with Gasteiger partial charge in [0.15, 0.2) is 0 Å². The Morgan fingerprint density at radius 1 is 1.24 bits per heavy atom. The van der Waals surface area contributed by atoms with Gasteiger partial charge in [-0.2, -0.15) is 5.10 Å². The van der Waals surface area contributed by atoms with Crippen LogP contribution >= 0.6 is 15.9 Å². The molecule has 0 N–H and O–H groups in total. The molecule has 6 heteroatoms. The molecule has 0 aliphatic rings. The summed E-state index contributed by atoms with van der Waals surface area (Å²) in [6.07, 6.45) is 4.85. The Bertz CT molecular complexity index is 820. The molecule has 0 fully saturated rings. The van der Waals surface area contributed by atoms with Crippen molar-refractivity contribution in [1.29, 1.82) is 0 Å². The first-order valence-corrected chi connectivity index (χ1v) is 7.36. The summed E-state index contributed by atoms with van der Waals surface area (Å²) >= 11 is 3.41. The predicted molar refractivity (Wildman–Crippen MR) is 83.3 cm³/mol. The molecule has 106 valence electrons. The highest BCUT2D eigenvalue weighted by molar-refractivity contribution is 9.10. The standard InChI is InChI=1S/C15H13BrN4O/c1-9(2)20-14(11(16)8-19-20)15(21)10-4-3-5-12-13(10)18-7-6-17-12/h3-9H,1-2H3. The van der Waals surface area contributed by atoms with Crippen LogP contribution in [0.1, 0.15) is 35.9 Å². The van der Waals surface area contributed by atoms with E-state index in [1.807, 2.05) is 26.0 Å². The van der Waals surface area contributed by atoms with Gasteiger partial charge in [-0.05, 0) is 41.9 Å². The first-order valence-electron chi connectivity index (χ1n) is 6.57. The topological polar surface area (TPSA) is 60.7 Å². The van der Waals surface area contributed by atoms with Crippen molar-refractivity contribution in [3.05, 3.63) is 52.5 Å². The molecule has 0 saturated carbocycles. The van der Waals surface area contributed by atoms with Crippen molar-refractivity contribution in [2.75, 3.05) is 0 Å². The molecule has 3 rings (SSSR count).